The van der Waals surface area contributed by atoms with Crippen molar-refractivity contribution in [3.63, 3.8) is 0 Å². The van der Waals surface area contributed by atoms with E-state index in [0.29, 0.717) is 0 Å². The molecule has 0 rings (SSSR count). The van der Waals surface area contributed by atoms with Gasteiger partial charge in [-0.3, -0.25) is 0 Å². The molecule has 0 aromatic heterocycles. The zero-order chi connectivity index (χ0) is 0. The first-order chi connectivity index (χ1) is 0. The molecule has 0 amide bonds. The molecule has 5 heavy (non-hydrogen) atoms. The van der Waals surface area contributed by atoms with Gasteiger partial charge in [-0.25, -0.2) is 0 Å². The maximum Gasteiger partial charge on any atom is 1.00 e. The van der Waals surface area contributed by atoms with Gasteiger partial charge >= 0.3 is 154 Å². The van der Waals surface area contributed by atoms with Gasteiger partial charge in [0.15, 0.2) is 0 Å². The Hall–Kier alpha value is 4.83. The SMILES string of the molecule is O.[K+].[K+].[K+].[O-2]. The Bertz CT molecular complexity index is 4.85. The van der Waals surface area contributed by atoms with Crippen molar-refractivity contribution in [1.82, 2.24) is 0 Å². The Kier molecular flexibility index (Phi) is 152. The largest absolute Gasteiger partial charge is 2.00 e. The quantitative estimate of drug-likeness (QED) is 0.309. The van der Waals surface area contributed by atoms with Crippen LogP contribution in [0.3, 0.4) is 0 Å². The van der Waals surface area contributed by atoms with Crippen LogP contribution in [0.1, 0.15) is 0 Å². The molecule has 0 bridgehead atoms. The van der Waals surface area contributed by atoms with Gasteiger partial charge in [-0.1, -0.05) is 0 Å². The van der Waals surface area contributed by atoms with E-state index in [0.717, 1.165) is 0 Å². The van der Waals surface area contributed by atoms with Crippen molar-refractivity contribution in [3.05, 3.63) is 0 Å². The molecule has 0 saturated carbocycles. The average Bonchev–Trinajstić information content (AvgIpc) is 0. The fraction of sp³-hybridized carbons (Fsp3) is 0. The molecule has 0 aromatic carbocycles. The first-order valence-corrected chi connectivity index (χ1v) is 0. The van der Waals surface area contributed by atoms with E-state index in [1.165, 1.54) is 0 Å². The molecule has 0 aliphatic carbocycles. The van der Waals surface area contributed by atoms with E-state index in [2.05, 4.69) is 0 Å². The predicted octanol–water partition coefficient (Wildman–Crippen LogP) is -9.93. The Morgan fingerprint density at radius 3 is 0.600 bits per heavy atom. The van der Waals surface area contributed by atoms with E-state index in [1.54, 1.807) is 0 Å². The third-order valence-electron chi connectivity index (χ3n) is 0. The van der Waals surface area contributed by atoms with E-state index >= 15 is 0 Å². The Morgan fingerprint density at radius 2 is 0.600 bits per heavy atom. The van der Waals surface area contributed by atoms with Crippen LogP contribution in [-0.4, -0.2) is 5.48 Å². The summed E-state index contributed by atoms with van der Waals surface area (Å²) in [6.45, 7) is 0. The van der Waals surface area contributed by atoms with Crippen LogP contribution in [0, 0.1) is 0 Å². The Labute approximate surface area is 159 Å². The summed E-state index contributed by atoms with van der Waals surface area (Å²) in [5.74, 6) is 0. The van der Waals surface area contributed by atoms with Crippen molar-refractivity contribution in [2.45, 2.75) is 0 Å². The summed E-state index contributed by atoms with van der Waals surface area (Å²) in [6, 6.07) is 0. The second-order valence-corrected chi connectivity index (χ2v) is 0. The van der Waals surface area contributed by atoms with Gasteiger partial charge < -0.3 is 11.0 Å². The minimum absolute atomic E-state index is 0. The van der Waals surface area contributed by atoms with Crippen molar-refractivity contribution in [1.29, 1.82) is 0 Å². The van der Waals surface area contributed by atoms with Crippen LogP contribution in [0.4, 0.5) is 0 Å². The van der Waals surface area contributed by atoms with E-state index < -0.39 is 0 Å². The van der Waals surface area contributed by atoms with Crippen LogP contribution in [0.5, 0.6) is 0 Å². The summed E-state index contributed by atoms with van der Waals surface area (Å²) in [5, 5.41) is 0. The van der Waals surface area contributed by atoms with Crippen LogP contribution >= 0.6 is 0 Å². The number of hydrogen-bond acceptors (Lipinski definition) is 0. The normalized spacial score (nSPS) is 0. The molecule has 2 N–H and O–H groups in total. The van der Waals surface area contributed by atoms with Crippen LogP contribution in [0.15, 0.2) is 0 Å². The van der Waals surface area contributed by atoms with Crippen molar-refractivity contribution in [3.8, 4) is 0 Å². The maximum absolute atomic E-state index is 0. The van der Waals surface area contributed by atoms with E-state index in [1.807, 2.05) is 0 Å². The van der Waals surface area contributed by atoms with E-state index in [9.17, 15) is 0 Å². The van der Waals surface area contributed by atoms with Crippen LogP contribution in [0.2, 0.25) is 0 Å². The molecule has 0 atom stereocenters. The second-order valence-electron chi connectivity index (χ2n) is 0. The van der Waals surface area contributed by atoms with Gasteiger partial charge in [-0.2, -0.15) is 0 Å². The van der Waals surface area contributed by atoms with Crippen molar-refractivity contribution >= 4 is 0 Å². The van der Waals surface area contributed by atoms with E-state index in [-0.39, 0.29) is 165 Å². The van der Waals surface area contributed by atoms with Crippen LogP contribution in [0.25, 0.3) is 0 Å². The molecule has 0 aromatic rings. The van der Waals surface area contributed by atoms with Gasteiger partial charge in [0.05, 0.1) is 0 Å². The molecule has 0 radical (unpaired) electrons. The topological polar surface area (TPSA) is 60.0 Å². The summed E-state index contributed by atoms with van der Waals surface area (Å²) in [4.78, 5) is 0. The summed E-state index contributed by atoms with van der Waals surface area (Å²) in [6.07, 6.45) is 0. The molecule has 0 saturated heterocycles. The molecule has 0 unspecified atom stereocenters. The molecule has 0 fully saturated rings. The van der Waals surface area contributed by atoms with Gasteiger partial charge in [0.2, 0.25) is 0 Å². The summed E-state index contributed by atoms with van der Waals surface area (Å²) in [5.41, 5.74) is 0. The minimum atomic E-state index is 0. The average molecular weight is 151 g/mol. The number of rotatable bonds is 0. The van der Waals surface area contributed by atoms with Crippen LogP contribution < -0.4 is 154 Å². The Morgan fingerprint density at radius 1 is 0.600 bits per heavy atom. The number of hydrogen-bond donors (Lipinski definition) is 0. The summed E-state index contributed by atoms with van der Waals surface area (Å²) >= 11 is 0. The summed E-state index contributed by atoms with van der Waals surface area (Å²) in [7, 11) is 0. The molecule has 0 spiro atoms. The molecule has 5 heteroatoms. The van der Waals surface area contributed by atoms with Gasteiger partial charge in [0.1, 0.15) is 0 Å². The standard InChI is InChI=1S/3K.H2O.O/h;;;1H2;/q3*+1;;-2. The zero-order valence-corrected chi connectivity index (χ0v) is 13.3. The van der Waals surface area contributed by atoms with Crippen molar-refractivity contribution in [2.24, 2.45) is 0 Å². The molecule has 0 aliphatic rings. The predicted molar refractivity (Wildman–Crippen MR) is 4.30 cm³/mol. The maximum atomic E-state index is 0. The zero-order valence-electron chi connectivity index (χ0n) is 3.91. The fourth-order valence-electron chi connectivity index (χ4n) is 0. The molecule has 16 valence electrons. The molecule has 0 aliphatic heterocycles. The molecular weight excluding hydrogens is 149 g/mol. The van der Waals surface area contributed by atoms with Gasteiger partial charge in [0, 0.05) is 0 Å². The van der Waals surface area contributed by atoms with Crippen molar-refractivity contribution < 1.29 is 165 Å². The van der Waals surface area contributed by atoms with Crippen LogP contribution in [-0.2, 0) is 5.48 Å². The molecular formula is H2K3O2+. The van der Waals surface area contributed by atoms with Crippen molar-refractivity contribution in [2.75, 3.05) is 0 Å². The molecule has 0 heterocycles. The van der Waals surface area contributed by atoms with E-state index in [4.69, 9.17) is 0 Å². The van der Waals surface area contributed by atoms with Gasteiger partial charge in [-0.05, 0) is 0 Å². The summed E-state index contributed by atoms with van der Waals surface area (Å²) < 4.78 is 0. The second kappa shape index (κ2) is 23.2. The monoisotopic (exact) mass is 151 g/mol. The van der Waals surface area contributed by atoms with Gasteiger partial charge in [-0.15, -0.1) is 0 Å². The minimum Gasteiger partial charge on any atom is -2.00 e. The first-order valence-electron chi connectivity index (χ1n) is 0. The Balaban J connectivity index is 0. The molecule has 2 nitrogen and oxygen atoms in total. The smallest absolute Gasteiger partial charge is 1.00 e. The third kappa shape index (κ3) is 17.7. The third-order valence-corrected chi connectivity index (χ3v) is 0. The van der Waals surface area contributed by atoms with Gasteiger partial charge in [0.25, 0.3) is 0 Å². The fourth-order valence-corrected chi connectivity index (χ4v) is 0. The first kappa shape index (κ1) is 32.9.